The first-order valence-electron chi connectivity index (χ1n) is 21.4. The van der Waals surface area contributed by atoms with Gasteiger partial charge >= 0.3 is 6.09 Å². The highest BCUT2D eigenvalue weighted by molar-refractivity contribution is 5.92. The Labute approximate surface area is 366 Å². The van der Waals surface area contributed by atoms with Crippen molar-refractivity contribution in [3.05, 3.63) is 165 Å². The predicted octanol–water partition coefficient (Wildman–Crippen LogP) is 6.60. The van der Waals surface area contributed by atoms with Crippen molar-refractivity contribution in [3.8, 4) is 16.9 Å². The summed E-state index contributed by atoms with van der Waals surface area (Å²) in [6.07, 6.45) is 1.20. The average molecular weight is 851 g/mol. The number of fused-ring (bicyclic) bond motifs is 1. The third-order valence-corrected chi connectivity index (χ3v) is 11.7. The molecule has 1 aliphatic heterocycles. The Morgan fingerprint density at radius 3 is 2.11 bits per heavy atom. The molecule has 8 N–H and O–H groups in total. The van der Waals surface area contributed by atoms with Crippen molar-refractivity contribution in [3.63, 3.8) is 0 Å². The number of aromatic hydroxyl groups is 1. The van der Waals surface area contributed by atoms with Crippen molar-refractivity contribution in [2.45, 2.75) is 57.2 Å². The van der Waals surface area contributed by atoms with Gasteiger partial charge in [0.1, 0.15) is 5.75 Å². The zero-order valence-electron chi connectivity index (χ0n) is 35.1. The Hall–Kier alpha value is -6.80. The van der Waals surface area contributed by atoms with Gasteiger partial charge in [0.05, 0.1) is 23.7 Å². The van der Waals surface area contributed by atoms with Gasteiger partial charge in [-0.1, -0.05) is 103 Å². The van der Waals surface area contributed by atoms with Gasteiger partial charge in [-0.3, -0.25) is 19.7 Å². The number of aliphatic hydroxyl groups is 1. The summed E-state index contributed by atoms with van der Waals surface area (Å²) in [6, 6.07) is 37.6. The van der Waals surface area contributed by atoms with E-state index in [1.807, 2.05) is 97.1 Å². The van der Waals surface area contributed by atoms with Crippen LogP contribution in [0.1, 0.15) is 64.7 Å². The first-order valence-corrected chi connectivity index (χ1v) is 21.4. The van der Waals surface area contributed by atoms with E-state index < -0.39 is 12.2 Å². The van der Waals surface area contributed by atoms with E-state index in [4.69, 9.17) is 0 Å². The predicted molar refractivity (Wildman–Crippen MR) is 245 cm³/mol. The summed E-state index contributed by atoms with van der Waals surface area (Å²) in [5.41, 5.74) is 8.01. The molecule has 7 rings (SSSR count). The van der Waals surface area contributed by atoms with Crippen LogP contribution in [-0.4, -0.2) is 75.8 Å². The monoisotopic (exact) mass is 850 g/mol. The number of nitrogens with zero attached hydrogens (tertiary/aromatic N) is 1. The maximum atomic E-state index is 12.8. The lowest BCUT2D eigenvalue weighted by molar-refractivity contribution is -0.122. The summed E-state index contributed by atoms with van der Waals surface area (Å²) in [5.74, 6) is 0.0556. The number of aromatic amines is 1. The number of H-pyrrole nitrogens is 1. The lowest BCUT2D eigenvalue weighted by atomic mass is 9.86. The standard InChI is InChI=1S/C50H54N6O7/c57-43-19-17-41(42-18-20-46(60)54-49(42)43)44(58)32-51-25-21-33-9-13-35(14-10-33)31-53-47(61)29-34-11-15-36(16-12-34)30-52-45(59)24-28-56-26-22-38(23-27-56)40-8-4-7-39(48(40)55-50(62)63)37-5-2-1-3-6-37/h1-20,38,44,51,55,57-58H,21-32H2,(H,52,59)(H,53,61)(H,54,60)(H,62,63)/t44-/m0/s1. The lowest BCUT2D eigenvalue weighted by Gasteiger charge is -2.33. The Morgan fingerprint density at radius 1 is 0.746 bits per heavy atom. The van der Waals surface area contributed by atoms with Crippen LogP contribution in [0.25, 0.3) is 22.0 Å². The summed E-state index contributed by atoms with van der Waals surface area (Å²) in [7, 11) is 0. The number of aliphatic hydroxyl groups excluding tert-OH is 1. The number of likely N-dealkylation sites (tertiary alicyclic amines) is 1. The molecule has 1 aromatic heterocycles. The van der Waals surface area contributed by atoms with E-state index in [1.165, 1.54) is 12.1 Å². The largest absolute Gasteiger partial charge is 0.506 e. The molecule has 0 aliphatic carbocycles. The van der Waals surface area contributed by atoms with Crippen molar-refractivity contribution >= 4 is 34.5 Å². The molecule has 0 bridgehead atoms. The highest BCUT2D eigenvalue weighted by Crippen LogP contribution is 2.39. The summed E-state index contributed by atoms with van der Waals surface area (Å²) in [6.45, 7) is 4.05. The fourth-order valence-electron chi connectivity index (χ4n) is 8.21. The second-order valence-corrected chi connectivity index (χ2v) is 16.1. The molecular weight excluding hydrogens is 797 g/mol. The second kappa shape index (κ2) is 21.3. The van der Waals surface area contributed by atoms with E-state index in [0.29, 0.717) is 61.3 Å². The fraction of sp³-hybridized carbons (Fsp3) is 0.280. The van der Waals surface area contributed by atoms with Crippen LogP contribution >= 0.6 is 0 Å². The molecule has 1 aliphatic rings. The summed E-state index contributed by atoms with van der Waals surface area (Å²) < 4.78 is 0. The maximum Gasteiger partial charge on any atom is 0.409 e. The highest BCUT2D eigenvalue weighted by Gasteiger charge is 2.25. The molecule has 326 valence electrons. The summed E-state index contributed by atoms with van der Waals surface area (Å²) in [5, 5.41) is 43.1. The van der Waals surface area contributed by atoms with Gasteiger partial charge in [0.15, 0.2) is 0 Å². The molecule has 63 heavy (non-hydrogen) atoms. The van der Waals surface area contributed by atoms with E-state index in [1.54, 1.807) is 12.1 Å². The normalized spacial score (nSPS) is 13.7. The summed E-state index contributed by atoms with van der Waals surface area (Å²) >= 11 is 0. The van der Waals surface area contributed by atoms with Gasteiger partial charge < -0.3 is 41.2 Å². The van der Waals surface area contributed by atoms with Crippen LogP contribution < -0.4 is 26.8 Å². The van der Waals surface area contributed by atoms with E-state index >= 15 is 0 Å². The Kier molecular flexibility index (Phi) is 15.0. The smallest absolute Gasteiger partial charge is 0.409 e. The number of pyridine rings is 1. The Morgan fingerprint density at radius 2 is 1.41 bits per heavy atom. The number of aromatic nitrogens is 1. The van der Waals surface area contributed by atoms with Gasteiger partial charge in [0.2, 0.25) is 17.4 Å². The van der Waals surface area contributed by atoms with Crippen molar-refractivity contribution in [1.82, 2.24) is 25.8 Å². The zero-order chi connectivity index (χ0) is 44.1. The van der Waals surface area contributed by atoms with Crippen LogP contribution in [0.5, 0.6) is 5.75 Å². The van der Waals surface area contributed by atoms with Gasteiger partial charge in [0, 0.05) is 49.6 Å². The quantitative estimate of drug-likeness (QED) is 0.0440. The number of anilines is 1. The molecule has 13 nitrogen and oxygen atoms in total. The zero-order valence-corrected chi connectivity index (χ0v) is 35.1. The van der Waals surface area contributed by atoms with Crippen LogP contribution in [0.2, 0.25) is 0 Å². The molecule has 3 amide bonds. The van der Waals surface area contributed by atoms with Crippen LogP contribution in [0, 0.1) is 0 Å². The molecule has 5 aromatic carbocycles. The lowest BCUT2D eigenvalue weighted by Crippen LogP contribution is -2.36. The number of carbonyl (C=O) groups is 3. The average Bonchev–Trinajstić information content (AvgIpc) is 3.30. The van der Waals surface area contributed by atoms with Gasteiger partial charge in [-0.25, -0.2) is 4.79 Å². The number of rotatable bonds is 18. The van der Waals surface area contributed by atoms with Crippen molar-refractivity contribution in [2.75, 3.05) is 38.0 Å². The van der Waals surface area contributed by atoms with E-state index in [2.05, 4.69) is 31.2 Å². The molecule has 0 radical (unpaired) electrons. The van der Waals surface area contributed by atoms with Crippen molar-refractivity contribution in [2.24, 2.45) is 0 Å². The molecule has 1 atom stereocenters. The topological polar surface area (TPSA) is 196 Å². The van der Waals surface area contributed by atoms with Gasteiger partial charge in [0.25, 0.3) is 0 Å². The molecule has 1 fully saturated rings. The third kappa shape index (κ3) is 12.2. The van der Waals surface area contributed by atoms with Crippen molar-refractivity contribution < 1.29 is 29.7 Å². The minimum atomic E-state index is -1.08. The molecule has 13 heteroatoms. The Bertz CT molecular complexity index is 2550. The second-order valence-electron chi connectivity index (χ2n) is 16.1. The van der Waals surface area contributed by atoms with Gasteiger partial charge in [-0.05, 0) is 95.9 Å². The molecule has 0 unspecified atom stereocenters. The van der Waals surface area contributed by atoms with Crippen LogP contribution in [0.3, 0.4) is 0 Å². The molecule has 1 saturated heterocycles. The molecule has 2 heterocycles. The summed E-state index contributed by atoms with van der Waals surface area (Å²) in [4.78, 5) is 53.9. The number of phenolic OH excluding ortho intramolecular Hbond substituents is 1. The molecule has 0 spiro atoms. The SMILES string of the molecule is O=C(O)Nc1c(-c2ccccc2)cccc1C1CCN(CCC(=O)NCc2ccc(CC(=O)NCc3ccc(CCNC[C@H](O)c4ccc(O)c5[nH]c(=O)ccc45)cc3)cc2)CC1. The van der Waals surface area contributed by atoms with E-state index in [0.717, 1.165) is 71.3 Å². The number of amides is 3. The number of nitrogens with one attached hydrogen (secondary N) is 5. The first kappa shape index (κ1) is 44.3. The number of para-hydroxylation sites is 1. The number of hydrogen-bond acceptors (Lipinski definition) is 8. The van der Waals surface area contributed by atoms with Gasteiger partial charge in [-0.2, -0.15) is 0 Å². The van der Waals surface area contributed by atoms with Crippen LogP contribution in [0.4, 0.5) is 10.5 Å². The number of piperidine rings is 1. The van der Waals surface area contributed by atoms with Crippen LogP contribution in [0.15, 0.2) is 126 Å². The van der Waals surface area contributed by atoms with E-state index in [-0.39, 0.29) is 35.5 Å². The number of carboxylic acid groups (broad SMARTS) is 1. The van der Waals surface area contributed by atoms with Gasteiger partial charge in [-0.15, -0.1) is 0 Å². The fourth-order valence-corrected chi connectivity index (χ4v) is 8.21. The van der Waals surface area contributed by atoms with Crippen molar-refractivity contribution in [1.29, 1.82) is 0 Å². The molecule has 6 aromatic rings. The minimum absolute atomic E-state index is 0.0226. The van der Waals surface area contributed by atoms with E-state index in [9.17, 15) is 34.5 Å². The Balaban J connectivity index is 0.772. The number of benzene rings is 5. The number of hydrogen-bond donors (Lipinski definition) is 8. The molecular formula is C50H54N6O7. The minimum Gasteiger partial charge on any atom is -0.506 e. The third-order valence-electron chi connectivity index (χ3n) is 11.7. The number of phenols is 1. The van der Waals surface area contributed by atoms with Crippen LogP contribution in [-0.2, 0) is 35.5 Å². The maximum absolute atomic E-state index is 12.8. The molecule has 0 saturated carbocycles. The highest BCUT2D eigenvalue weighted by atomic mass is 16.4. The first-order chi connectivity index (χ1) is 30.6. The number of carbonyl (C=O) groups excluding carboxylic acids is 2.